The fraction of sp³-hybridized carbons (Fsp3) is 0.385. The van der Waals surface area contributed by atoms with Gasteiger partial charge in [-0.1, -0.05) is 12.1 Å². The largest absolute Gasteiger partial charge is 0.496 e. The number of rotatable bonds is 6. The molecule has 0 saturated carbocycles. The van der Waals surface area contributed by atoms with Gasteiger partial charge in [0.1, 0.15) is 11.5 Å². The predicted octanol–water partition coefficient (Wildman–Crippen LogP) is 2.70. The van der Waals surface area contributed by atoms with Crippen LogP contribution >= 0.6 is 0 Å². The van der Waals surface area contributed by atoms with Gasteiger partial charge in [-0.05, 0) is 25.0 Å². The van der Waals surface area contributed by atoms with E-state index >= 15 is 0 Å². The van der Waals surface area contributed by atoms with E-state index in [0.29, 0.717) is 23.5 Å². The van der Waals surface area contributed by atoms with E-state index in [1.165, 1.54) is 0 Å². The van der Waals surface area contributed by atoms with Crippen LogP contribution in [-0.4, -0.2) is 19.3 Å². The molecule has 1 aromatic carbocycles. The predicted molar refractivity (Wildman–Crippen MR) is 63.9 cm³/mol. The molecule has 1 rings (SSSR count). The summed E-state index contributed by atoms with van der Waals surface area (Å²) in [6, 6.07) is 5.46. The van der Waals surface area contributed by atoms with Crippen molar-refractivity contribution in [1.29, 1.82) is 0 Å². The van der Waals surface area contributed by atoms with Gasteiger partial charge in [-0.25, -0.2) is 0 Å². The summed E-state index contributed by atoms with van der Waals surface area (Å²) < 4.78 is 10.4. The lowest BCUT2D eigenvalue weighted by molar-refractivity contribution is 0.160. The van der Waals surface area contributed by atoms with E-state index < -0.39 is 6.10 Å². The Morgan fingerprint density at radius 2 is 1.88 bits per heavy atom. The molecular weight excluding hydrogens is 204 g/mol. The van der Waals surface area contributed by atoms with Gasteiger partial charge in [-0.2, -0.15) is 0 Å². The second-order valence-corrected chi connectivity index (χ2v) is 3.46. The monoisotopic (exact) mass is 222 g/mol. The van der Waals surface area contributed by atoms with Gasteiger partial charge in [0.15, 0.2) is 0 Å². The third-order valence-electron chi connectivity index (χ3n) is 2.44. The van der Waals surface area contributed by atoms with Crippen LogP contribution in [0.1, 0.15) is 24.5 Å². The van der Waals surface area contributed by atoms with Gasteiger partial charge in [0.05, 0.1) is 25.9 Å². The second kappa shape index (κ2) is 6.18. The maximum Gasteiger partial charge on any atom is 0.128 e. The topological polar surface area (TPSA) is 38.7 Å². The summed E-state index contributed by atoms with van der Waals surface area (Å²) >= 11 is 0. The highest BCUT2D eigenvalue weighted by Gasteiger charge is 2.17. The smallest absolute Gasteiger partial charge is 0.128 e. The number of hydrogen-bond acceptors (Lipinski definition) is 3. The lowest BCUT2D eigenvalue weighted by Crippen LogP contribution is -2.03. The van der Waals surface area contributed by atoms with Crippen LogP contribution < -0.4 is 9.47 Å². The molecular formula is C13H18O3. The SMILES string of the molecule is C=CCCC(O)c1c(OC)cccc1OC. The molecule has 88 valence electrons. The van der Waals surface area contributed by atoms with Gasteiger partial charge in [0.25, 0.3) is 0 Å². The number of ether oxygens (including phenoxy) is 2. The summed E-state index contributed by atoms with van der Waals surface area (Å²) in [6.45, 7) is 3.64. The van der Waals surface area contributed by atoms with Crippen molar-refractivity contribution >= 4 is 0 Å². The first-order valence-corrected chi connectivity index (χ1v) is 5.24. The minimum atomic E-state index is -0.593. The van der Waals surface area contributed by atoms with Gasteiger partial charge >= 0.3 is 0 Å². The molecule has 3 heteroatoms. The Kier molecular flexibility index (Phi) is 4.86. The van der Waals surface area contributed by atoms with Crippen molar-refractivity contribution < 1.29 is 14.6 Å². The molecule has 0 fully saturated rings. The van der Waals surface area contributed by atoms with Crippen LogP contribution in [0, 0.1) is 0 Å². The molecule has 1 unspecified atom stereocenters. The second-order valence-electron chi connectivity index (χ2n) is 3.46. The van der Waals surface area contributed by atoms with E-state index in [1.54, 1.807) is 20.3 Å². The molecule has 1 atom stereocenters. The highest BCUT2D eigenvalue weighted by atomic mass is 16.5. The Hall–Kier alpha value is -1.48. The van der Waals surface area contributed by atoms with Crippen molar-refractivity contribution in [2.24, 2.45) is 0 Å². The van der Waals surface area contributed by atoms with Crippen LogP contribution in [0.25, 0.3) is 0 Å². The third kappa shape index (κ3) is 2.76. The molecule has 0 aromatic heterocycles. The van der Waals surface area contributed by atoms with Crippen LogP contribution in [-0.2, 0) is 0 Å². The zero-order valence-electron chi connectivity index (χ0n) is 9.77. The van der Waals surface area contributed by atoms with E-state index in [9.17, 15) is 5.11 Å². The van der Waals surface area contributed by atoms with E-state index in [1.807, 2.05) is 18.2 Å². The summed E-state index contributed by atoms with van der Waals surface area (Å²) in [4.78, 5) is 0. The molecule has 0 radical (unpaired) electrons. The quantitative estimate of drug-likeness (QED) is 0.752. The minimum Gasteiger partial charge on any atom is -0.496 e. The Labute approximate surface area is 96.3 Å². The summed E-state index contributed by atoms with van der Waals surface area (Å²) in [7, 11) is 3.16. The number of hydrogen-bond donors (Lipinski definition) is 1. The third-order valence-corrected chi connectivity index (χ3v) is 2.44. The fourth-order valence-corrected chi connectivity index (χ4v) is 1.63. The Morgan fingerprint density at radius 3 is 2.31 bits per heavy atom. The molecule has 16 heavy (non-hydrogen) atoms. The summed E-state index contributed by atoms with van der Waals surface area (Å²) in [5.41, 5.74) is 0.703. The average Bonchev–Trinajstić information content (AvgIpc) is 2.34. The summed E-state index contributed by atoms with van der Waals surface area (Å²) in [6.07, 6.45) is 2.55. The molecule has 0 aliphatic carbocycles. The number of allylic oxidation sites excluding steroid dienone is 1. The molecule has 0 saturated heterocycles. The molecule has 0 heterocycles. The Bertz CT molecular complexity index is 325. The zero-order chi connectivity index (χ0) is 12.0. The maximum absolute atomic E-state index is 10.1. The number of aliphatic hydroxyl groups is 1. The van der Waals surface area contributed by atoms with Crippen molar-refractivity contribution in [3.63, 3.8) is 0 Å². The van der Waals surface area contributed by atoms with Gasteiger partial charge in [-0.15, -0.1) is 6.58 Å². The van der Waals surface area contributed by atoms with Crippen LogP contribution in [0.15, 0.2) is 30.9 Å². The molecule has 0 aliphatic rings. The number of methoxy groups -OCH3 is 2. The van der Waals surface area contributed by atoms with Crippen LogP contribution in [0.2, 0.25) is 0 Å². The molecule has 1 aromatic rings. The standard InChI is InChI=1S/C13H18O3/c1-4-5-7-10(14)13-11(15-2)8-6-9-12(13)16-3/h4,6,8-10,14H,1,5,7H2,2-3H3. The van der Waals surface area contributed by atoms with E-state index in [2.05, 4.69) is 6.58 Å². The van der Waals surface area contributed by atoms with Gasteiger partial charge < -0.3 is 14.6 Å². The molecule has 1 N–H and O–H groups in total. The van der Waals surface area contributed by atoms with E-state index in [4.69, 9.17) is 9.47 Å². The fourth-order valence-electron chi connectivity index (χ4n) is 1.63. The van der Waals surface area contributed by atoms with Crippen molar-refractivity contribution in [3.05, 3.63) is 36.4 Å². The van der Waals surface area contributed by atoms with Gasteiger partial charge in [0, 0.05) is 0 Å². The zero-order valence-corrected chi connectivity index (χ0v) is 9.77. The minimum absolute atomic E-state index is 0.593. The van der Waals surface area contributed by atoms with E-state index in [0.717, 1.165) is 6.42 Å². The van der Waals surface area contributed by atoms with Gasteiger partial charge in [-0.3, -0.25) is 0 Å². The van der Waals surface area contributed by atoms with Crippen molar-refractivity contribution in [2.75, 3.05) is 14.2 Å². The first-order chi connectivity index (χ1) is 7.74. The Balaban J connectivity index is 3.02. The average molecular weight is 222 g/mol. The first kappa shape index (κ1) is 12.6. The molecule has 0 bridgehead atoms. The normalized spacial score (nSPS) is 11.9. The highest BCUT2D eigenvalue weighted by molar-refractivity contribution is 5.46. The number of aliphatic hydroxyl groups excluding tert-OH is 1. The number of benzene rings is 1. The van der Waals surface area contributed by atoms with Crippen LogP contribution in [0.3, 0.4) is 0 Å². The molecule has 0 amide bonds. The summed E-state index contributed by atoms with van der Waals surface area (Å²) in [5.74, 6) is 1.30. The van der Waals surface area contributed by atoms with E-state index in [-0.39, 0.29) is 0 Å². The van der Waals surface area contributed by atoms with Gasteiger partial charge in [0.2, 0.25) is 0 Å². The molecule has 0 aliphatic heterocycles. The van der Waals surface area contributed by atoms with Crippen molar-refractivity contribution in [1.82, 2.24) is 0 Å². The Morgan fingerprint density at radius 1 is 1.31 bits per heavy atom. The maximum atomic E-state index is 10.1. The lowest BCUT2D eigenvalue weighted by atomic mass is 10.0. The summed E-state index contributed by atoms with van der Waals surface area (Å²) in [5, 5.41) is 10.1. The lowest BCUT2D eigenvalue weighted by Gasteiger charge is -2.17. The highest BCUT2D eigenvalue weighted by Crippen LogP contribution is 2.35. The van der Waals surface area contributed by atoms with Crippen molar-refractivity contribution in [3.8, 4) is 11.5 Å². The molecule has 0 spiro atoms. The van der Waals surface area contributed by atoms with Crippen molar-refractivity contribution in [2.45, 2.75) is 18.9 Å². The van der Waals surface area contributed by atoms with Crippen LogP contribution in [0.5, 0.6) is 11.5 Å². The molecule has 3 nitrogen and oxygen atoms in total. The van der Waals surface area contributed by atoms with Crippen LogP contribution in [0.4, 0.5) is 0 Å². The first-order valence-electron chi connectivity index (χ1n) is 5.24.